The van der Waals surface area contributed by atoms with Gasteiger partial charge in [-0.25, -0.2) is 9.97 Å². The molecule has 0 radical (unpaired) electrons. The lowest BCUT2D eigenvalue weighted by Gasteiger charge is -2.16. The summed E-state index contributed by atoms with van der Waals surface area (Å²) in [5, 5.41) is 15.2. The van der Waals surface area contributed by atoms with E-state index in [4.69, 9.17) is 4.98 Å². The maximum absolute atomic E-state index is 4.83. The summed E-state index contributed by atoms with van der Waals surface area (Å²) in [5.74, 6) is 0.700. The Labute approximate surface area is 293 Å². The molecule has 0 saturated heterocycles. The second-order valence-electron chi connectivity index (χ2n) is 13.4. The van der Waals surface area contributed by atoms with Crippen molar-refractivity contribution in [3.63, 3.8) is 0 Å². The fraction of sp³-hybridized carbons (Fsp3) is 0. The molecular formula is C48H29N3. The molecule has 9 aromatic carbocycles. The fourth-order valence-corrected chi connectivity index (χ4v) is 8.41. The van der Waals surface area contributed by atoms with E-state index in [1.54, 1.807) is 6.20 Å². The Balaban J connectivity index is 1.13. The molecule has 236 valence electrons. The summed E-state index contributed by atoms with van der Waals surface area (Å²) in [5.41, 5.74) is 6.83. The Hall–Kier alpha value is -6.84. The largest absolute Gasteiger partial charge is 0.291 e. The highest BCUT2D eigenvalue weighted by Gasteiger charge is 2.16. The SMILES string of the molecule is c1ccc2c(-c3cn4cccnc4n3)ccc(-c3ccc(-c4cccc5c6cccc7ccc8cccc(c9ccccc9c45)c8c76)cc3)c2c1. The number of fused-ring (bicyclic) bond motifs is 7. The van der Waals surface area contributed by atoms with Crippen LogP contribution in [0.5, 0.6) is 0 Å². The van der Waals surface area contributed by atoms with Crippen molar-refractivity contribution < 1.29 is 0 Å². The van der Waals surface area contributed by atoms with Crippen LogP contribution in [0.15, 0.2) is 176 Å². The number of rotatable bonds is 3. The zero-order valence-corrected chi connectivity index (χ0v) is 27.6. The average Bonchev–Trinajstić information content (AvgIpc) is 3.63. The standard InChI is InChI=1S/C48H29N3/c1-2-12-37-36(11-1)34(25-26-39(37)44-29-51-28-8-27-49-48(51)50-44)30-19-21-31(22-20-30)35-15-7-18-43-42-17-6-10-33-24-23-32-9-5-16-40(45(32)46(33)42)38-13-3-4-14-41(38)47(35)43/h1-29H. The zero-order chi connectivity index (χ0) is 33.5. The predicted molar refractivity (Wildman–Crippen MR) is 214 cm³/mol. The fourth-order valence-electron chi connectivity index (χ4n) is 8.41. The van der Waals surface area contributed by atoms with E-state index in [-0.39, 0.29) is 0 Å². The van der Waals surface area contributed by atoms with E-state index in [1.165, 1.54) is 86.9 Å². The number of benzene rings is 8. The number of nitrogens with zero attached hydrogens (tertiary/aromatic N) is 3. The van der Waals surface area contributed by atoms with Gasteiger partial charge in [-0.15, -0.1) is 0 Å². The van der Waals surface area contributed by atoms with Crippen molar-refractivity contribution >= 4 is 70.4 Å². The van der Waals surface area contributed by atoms with Crippen LogP contribution in [0.1, 0.15) is 0 Å². The molecule has 11 aromatic rings. The summed E-state index contributed by atoms with van der Waals surface area (Å²) >= 11 is 0. The molecule has 0 atom stereocenters. The first-order chi connectivity index (χ1) is 25.3. The number of hydrogen-bond acceptors (Lipinski definition) is 2. The van der Waals surface area contributed by atoms with Gasteiger partial charge in [-0.3, -0.25) is 4.40 Å². The van der Waals surface area contributed by atoms with Gasteiger partial charge in [0.05, 0.1) is 5.69 Å². The van der Waals surface area contributed by atoms with Crippen LogP contribution in [0.3, 0.4) is 0 Å². The van der Waals surface area contributed by atoms with Crippen LogP contribution in [0.2, 0.25) is 0 Å². The molecule has 0 fully saturated rings. The molecule has 2 aromatic heterocycles. The molecule has 51 heavy (non-hydrogen) atoms. The van der Waals surface area contributed by atoms with Crippen LogP contribution in [-0.2, 0) is 0 Å². The van der Waals surface area contributed by atoms with Gasteiger partial charge >= 0.3 is 0 Å². The van der Waals surface area contributed by atoms with Crippen molar-refractivity contribution in [3.8, 4) is 33.5 Å². The number of aromatic nitrogens is 3. The van der Waals surface area contributed by atoms with Crippen LogP contribution >= 0.6 is 0 Å². The molecule has 0 aliphatic rings. The quantitative estimate of drug-likeness (QED) is 0.179. The second-order valence-corrected chi connectivity index (χ2v) is 13.4. The molecule has 0 saturated carbocycles. The molecule has 0 spiro atoms. The van der Waals surface area contributed by atoms with E-state index in [9.17, 15) is 0 Å². The molecule has 0 amide bonds. The second kappa shape index (κ2) is 10.8. The Morgan fingerprint density at radius 2 is 0.902 bits per heavy atom. The van der Waals surface area contributed by atoms with Crippen LogP contribution in [0.25, 0.3) is 104 Å². The normalized spacial score (nSPS) is 11.9. The maximum Gasteiger partial charge on any atom is 0.234 e. The van der Waals surface area contributed by atoms with Crippen LogP contribution in [-0.4, -0.2) is 14.4 Å². The van der Waals surface area contributed by atoms with Crippen molar-refractivity contribution in [1.29, 1.82) is 0 Å². The van der Waals surface area contributed by atoms with Crippen molar-refractivity contribution in [1.82, 2.24) is 14.4 Å². The molecule has 0 unspecified atom stereocenters. The first kappa shape index (κ1) is 28.0. The first-order valence-electron chi connectivity index (χ1n) is 17.4. The van der Waals surface area contributed by atoms with Gasteiger partial charge in [-0.1, -0.05) is 152 Å². The summed E-state index contributed by atoms with van der Waals surface area (Å²) < 4.78 is 1.97. The summed E-state index contributed by atoms with van der Waals surface area (Å²) in [6.07, 6.45) is 5.83. The van der Waals surface area contributed by atoms with Gasteiger partial charge in [0.2, 0.25) is 5.78 Å². The average molecular weight is 648 g/mol. The Morgan fingerprint density at radius 3 is 1.61 bits per heavy atom. The van der Waals surface area contributed by atoms with E-state index in [0.29, 0.717) is 5.78 Å². The molecular weight excluding hydrogens is 619 g/mol. The van der Waals surface area contributed by atoms with Gasteiger partial charge in [-0.05, 0) is 93.0 Å². The van der Waals surface area contributed by atoms with Crippen molar-refractivity contribution in [2.75, 3.05) is 0 Å². The Kier molecular flexibility index (Phi) is 5.96. The van der Waals surface area contributed by atoms with E-state index in [0.717, 1.165) is 11.3 Å². The van der Waals surface area contributed by atoms with E-state index in [1.807, 2.05) is 16.7 Å². The van der Waals surface area contributed by atoms with Crippen LogP contribution < -0.4 is 0 Å². The number of hydrogen-bond donors (Lipinski definition) is 0. The molecule has 2 heterocycles. The van der Waals surface area contributed by atoms with E-state index in [2.05, 4.69) is 163 Å². The molecule has 3 heteroatoms. The van der Waals surface area contributed by atoms with E-state index >= 15 is 0 Å². The van der Waals surface area contributed by atoms with Crippen molar-refractivity contribution in [2.24, 2.45) is 0 Å². The van der Waals surface area contributed by atoms with Crippen molar-refractivity contribution in [2.45, 2.75) is 0 Å². The zero-order valence-electron chi connectivity index (χ0n) is 27.6. The lowest BCUT2D eigenvalue weighted by molar-refractivity contribution is 1.11. The van der Waals surface area contributed by atoms with Gasteiger partial charge in [0.1, 0.15) is 0 Å². The summed E-state index contributed by atoms with van der Waals surface area (Å²) in [6.45, 7) is 0. The monoisotopic (exact) mass is 647 g/mol. The minimum atomic E-state index is 0.700. The highest BCUT2D eigenvalue weighted by molar-refractivity contribution is 6.34. The molecule has 11 rings (SSSR count). The Bertz CT molecular complexity index is 3160. The lowest BCUT2D eigenvalue weighted by Crippen LogP contribution is -1.89. The minimum Gasteiger partial charge on any atom is -0.291 e. The third-order valence-corrected chi connectivity index (χ3v) is 10.7. The predicted octanol–water partition coefficient (Wildman–Crippen LogP) is 12.6. The summed E-state index contributed by atoms with van der Waals surface area (Å²) in [6, 6.07) is 57.9. The van der Waals surface area contributed by atoms with Crippen molar-refractivity contribution in [3.05, 3.63) is 176 Å². The third-order valence-electron chi connectivity index (χ3n) is 10.7. The molecule has 3 nitrogen and oxygen atoms in total. The minimum absolute atomic E-state index is 0.700. The lowest BCUT2D eigenvalue weighted by atomic mass is 9.87. The molecule has 0 bridgehead atoms. The van der Waals surface area contributed by atoms with Gasteiger partial charge in [-0.2, -0.15) is 0 Å². The van der Waals surface area contributed by atoms with Gasteiger partial charge in [0.15, 0.2) is 0 Å². The van der Waals surface area contributed by atoms with E-state index < -0.39 is 0 Å². The smallest absolute Gasteiger partial charge is 0.234 e. The Morgan fingerprint density at radius 1 is 0.373 bits per heavy atom. The van der Waals surface area contributed by atoms with Crippen LogP contribution in [0, 0.1) is 0 Å². The third kappa shape index (κ3) is 4.19. The topological polar surface area (TPSA) is 30.2 Å². The number of imidazole rings is 1. The van der Waals surface area contributed by atoms with Crippen LogP contribution in [0.4, 0.5) is 0 Å². The molecule has 0 aliphatic heterocycles. The first-order valence-corrected chi connectivity index (χ1v) is 17.4. The maximum atomic E-state index is 4.83. The highest BCUT2D eigenvalue weighted by atomic mass is 15.1. The van der Waals surface area contributed by atoms with Gasteiger partial charge in [0, 0.05) is 24.2 Å². The molecule has 0 N–H and O–H groups in total. The highest BCUT2D eigenvalue weighted by Crippen LogP contribution is 2.43. The van der Waals surface area contributed by atoms with Gasteiger partial charge < -0.3 is 0 Å². The molecule has 0 aliphatic carbocycles. The summed E-state index contributed by atoms with van der Waals surface area (Å²) in [7, 11) is 0. The van der Waals surface area contributed by atoms with Gasteiger partial charge in [0.25, 0.3) is 0 Å². The summed E-state index contributed by atoms with van der Waals surface area (Å²) in [4.78, 5) is 9.27.